The first-order chi connectivity index (χ1) is 13.1. The van der Waals surface area contributed by atoms with Crippen molar-refractivity contribution in [2.24, 2.45) is 0 Å². The van der Waals surface area contributed by atoms with Crippen molar-refractivity contribution in [3.05, 3.63) is 50.1 Å². The first kappa shape index (κ1) is 22.5. The summed E-state index contributed by atoms with van der Waals surface area (Å²) in [6.45, 7) is 3.62. The number of halogens is 1. The van der Waals surface area contributed by atoms with Gasteiger partial charge in [-0.05, 0) is 59.1 Å². The molecule has 0 saturated carbocycles. The molecule has 152 valence electrons. The van der Waals surface area contributed by atoms with Crippen LogP contribution in [0.25, 0.3) is 0 Å². The summed E-state index contributed by atoms with van der Waals surface area (Å²) in [5.41, 5.74) is 1.51. The van der Waals surface area contributed by atoms with Crippen LogP contribution in [0.5, 0.6) is 0 Å². The smallest absolute Gasteiger partial charge is 0.264 e. The summed E-state index contributed by atoms with van der Waals surface area (Å²) < 4.78 is 28.1. The number of carbonyl (C=O) groups is 2. The molecule has 0 aliphatic heterocycles. The van der Waals surface area contributed by atoms with Crippen molar-refractivity contribution < 1.29 is 18.0 Å². The molecule has 10 heteroatoms. The Hall–Kier alpha value is -1.75. The van der Waals surface area contributed by atoms with E-state index >= 15 is 0 Å². The SMILES string of the molecule is Cc1ccc(C)c(S(=O)(=O)NCCNC(=O)CN(C)C(=O)c2ccc(Br)s2)c1. The van der Waals surface area contributed by atoms with Gasteiger partial charge in [-0.15, -0.1) is 11.3 Å². The van der Waals surface area contributed by atoms with Crippen LogP contribution in [-0.4, -0.2) is 51.8 Å². The number of nitrogens with zero attached hydrogens (tertiary/aromatic N) is 1. The maximum absolute atomic E-state index is 12.4. The van der Waals surface area contributed by atoms with Gasteiger partial charge in [0.15, 0.2) is 0 Å². The summed E-state index contributed by atoms with van der Waals surface area (Å²) in [5.74, 6) is -0.612. The van der Waals surface area contributed by atoms with Crippen LogP contribution in [0.3, 0.4) is 0 Å². The van der Waals surface area contributed by atoms with Crippen LogP contribution in [0.4, 0.5) is 0 Å². The van der Waals surface area contributed by atoms with Gasteiger partial charge in [-0.2, -0.15) is 0 Å². The normalized spacial score (nSPS) is 11.3. The van der Waals surface area contributed by atoms with Gasteiger partial charge in [0.2, 0.25) is 15.9 Å². The number of aryl methyl sites for hydroxylation is 2. The Kier molecular flexibility index (Phi) is 7.76. The molecule has 2 aromatic rings. The van der Waals surface area contributed by atoms with E-state index < -0.39 is 10.0 Å². The van der Waals surface area contributed by atoms with Crippen molar-refractivity contribution in [1.29, 1.82) is 0 Å². The zero-order valence-electron chi connectivity index (χ0n) is 15.8. The molecule has 0 aliphatic carbocycles. The highest BCUT2D eigenvalue weighted by atomic mass is 79.9. The highest BCUT2D eigenvalue weighted by Crippen LogP contribution is 2.23. The number of hydrogen-bond donors (Lipinski definition) is 2. The number of carbonyl (C=O) groups excluding carboxylic acids is 2. The molecule has 0 radical (unpaired) electrons. The molecule has 28 heavy (non-hydrogen) atoms. The van der Waals surface area contributed by atoms with Crippen LogP contribution in [-0.2, 0) is 14.8 Å². The van der Waals surface area contributed by atoms with E-state index in [9.17, 15) is 18.0 Å². The summed E-state index contributed by atoms with van der Waals surface area (Å²) in [5, 5.41) is 2.61. The average Bonchev–Trinajstić information content (AvgIpc) is 3.06. The second-order valence-electron chi connectivity index (χ2n) is 6.28. The lowest BCUT2D eigenvalue weighted by Crippen LogP contribution is -2.41. The Labute approximate surface area is 177 Å². The molecular weight excluding hydrogens is 466 g/mol. The molecule has 0 aliphatic rings. The summed E-state index contributed by atoms with van der Waals surface area (Å²) in [7, 11) is -2.11. The lowest BCUT2D eigenvalue weighted by atomic mass is 10.2. The fraction of sp³-hybridized carbons (Fsp3) is 0.333. The molecule has 2 amide bonds. The minimum absolute atomic E-state index is 0.0526. The van der Waals surface area contributed by atoms with E-state index in [1.165, 1.54) is 16.2 Å². The molecule has 0 fully saturated rings. The van der Waals surface area contributed by atoms with Crippen molar-refractivity contribution >= 4 is 49.1 Å². The lowest BCUT2D eigenvalue weighted by molar-refractivity contribution is -0.121. The van der Waals surface area contributed by atoms with Gasteiger partial charge >= 0.3 is 0 Å². The summed E-state index contributed by atoms with van der Waals surface area (Å²) in [6, 6.07) is 8.67. The van der Waals surface area contributed by atoms with Gasteiger partial charge in [0.25, 0.3) is 5.91 Å². The fourth-order valence-electron chi connectivity index (χ4n) is 2.42. The Morgan fingerprint density at radius 3 is 2.50 bits per heavy atom. The van der Waals surface area contributed by atoms with E-state index in [0.29, 0.717) is 10.4 Å². The maximum atomic E-state index is 12.4. The summed E-state index contributed by atoms with van der Waals surface area (Å²) in [4.78, 5) is 26.3. The van der Waals surface area contributed by atoms with Crippen molar-refractivity contribution in [2.75, 3.05) is 26.7 Å². The standard InChI is InChI=1S/C18H22BrN3O4S2/c1-12-4-5-13(2)15(10-12)28(25,26)21-9-8-20-17(23)11-22(3)18(24)14-6-7-16(19)27-14/h4-7,10,21H,8-9,11H2,1-3H3,(H,20,23). The quantitative estimate of drug-likeness (QED) is 0.558. The predicted molar refractivity (Wildman–Crippen MR) is 113 cm³/mol. The number of likely N-dealkylation sites (N-methyl/N-ethyl adjacent to an activating group) is 1. The highest BCUT2D eigenvalue weighted by Gasteiger charge is 2.18. The van der Waals surface area contributed by atoms with Crippen LogP contribution in [0.15, 0.2) is 39.0 Å². The van der Waals surface area contributed by atoms with Gasteiger partial charge in [-0.25, -0.2) is 13.1 Å². The minimum atomic E-state index is -3.65. The molecule has 2 N–H and O–H groups in total. The van der Waals surface area contributed by atoms with Crippen molar-refractivity contribution in [3.63, 3.8) is 0 Å². The van der Waals surface area contributed by atoms with Crippen LogP contribution in [0, 0.1) is 13.8 Å². The molecule has 0 atom stereocenters. The van der Waals surface area contributed by atoms with Crippen LogP contribution < -0.4 is 10.0 Å². The molecule has 0 spiro atoms. The van der Waals surface area contributed by atoms with E-state index in [1.54, 1.807) is 38.2 Å². The number of amides is 2. The molecule has 1 aromatic carbocycles. The maximum Gasteiger partial charge on any atom is 0.264 e. The van der Waals surface area contributed by atoms with Crippen molar-refractivity contribution in [2.45, 2.75) is 18.7 Å². The van der Waals surface area contributed by atoms with Crippen LogP contribution in [0.2, 0.25) is 0 Å². The van der Waals surface area contributed by atoms with E-state index in [-0.39, 0.29) is 36.3 Å². The third-order valence-electron chi connectivity index (χ3n) is 3.88. The largest absolute Gasteiger partial charge is 0.353 e. The summed E-state index contributed by atoms with van der Waals surface area (Å²) >= 11 is 4.59. The number of benzene rings is 1. The molecular formula is C18H22BrN3O4S2. The van der Waals surface area contributed by atoms with E-state index in [4.69, 9.17) is 0 Å². The number of nitrogens with one attached hydrogen (secondary N) is 2. The fourth-order valence-corrected chi connectivity index (χ4v) is 5.16. The van der Waals surface area contributed by atoms with E-state index in [0.717, 1.165) is 9.35 Å². The van der Waals surface area contributed by atoms with Crippen molar-refractivity contribution in [1.82, 2.24) is 14.9 Å². The van der Waals surface area contributed by atoms with Gasteiger partial charge in [-0.3, -0.25) is 9.59 Å². The van der Waals surface area contributed by atoms with Gasteiger partial charge in [-0.1, -0.05) is 12.1 Å². The zero-order valence-corrected chi connectivity index (χ0v) is 19.0. The molecule has 1 aromatic heterocycles. The molecule has 2 rings (SSSR count). The minimum Gasteiger partial charge on any atom is -0.353 e. The highest BCUT2D eigenvalue weighted by molar-refractivity contribution is 9.11. The van der Waals surface area contributed by atoms with Gasteiger partial charge < -0.3 is 10.2 Å². The molecule has 0 unspecified atom stereocenters. The number of hydrogen-bond acceptors (Lipinski definition) is 5. The average molecular weight is 488 g/mol. The Balaban J connectivity index is 1.80. The topological polar surface area (TPSA) is 95.6 Å². The number of rotatable bonds is 8. The van der Waals surface area contributed by atoms with Gasteiger partial charge in [0, 0.05) is 20.1 Å². The Bertz CT molecular complexity index is 973. The third-order valence-corrected chi connectivity index (χ3v) is 7.10. The Morgan fingerprint density at radius 2 is 1.86 bits per heavy atom. The van der Waals surface area contributed by atoms with Gasteiger partial charge in [0.05, 0.1) is 20.1 Å². The molecule has 1 heterocycles. The summed E-state index contributed by atoms with van der Waals surface area (Å²) in [6.07, 6.45) is 0. The molecule has 0 bridgehead atoms. The predicted octanol–water partition coefficient (Wildman–Crippen LogP) is 2.29. The van der Waals surface area contributed by atoms with Crippen LogP contribution in [0.1, 0.15) is 20.8 Å². The van der Waals surface area contributed by atoms with Gasteiger partial charge in [0.1, 0.15) is 0 Å². The first-order valence-corrected chi connectivity index (χ1v) is 11.5. The lowest BCUT2D eigenvalue weighted by Gasteiger charge is -2.16. The molecule has 0 saturated heterocycles. The number of thiophene rings is 1. The second-order valence-corrected chi connectivity index (χ2v) is 10.5. The van der Waals surface area contributed by atoms with Crippen molar-refractivity contribution in [3.8, 4) is 0 Å². The monoisotopic (exact) mass is 487 g/mol. The third kappa shape index (κ3) is 6.13. The zero-order chi connectivity index (χ0) is 20.9. The van der Waals surface area contributed by atoms with Crippen LogP contribution >= 0.6 is 27.3 Å². The van der Waals surface area contributed by atoms with E-state index in [1.807, 2.05) is 13.0 Å². The molecule has 7 nitrogen and oxygen atoms in total. The first-order valence-electron chi connectivity index (χ1n) is 8.44. The number of sulfonamides is 1. The Morgan fingerprint density at radius 1 is 1.14 bits per heavy atom. The van der Waals surface area contributed by atoms with E-state index in [2.05, 4.69) is 26.0 Å². The second kappa shape index (κ2) is 9.64.